The van der Waals surface area contributed by atoms with Crippen LogP contribution in [0.1, 0.15) is 31.1 Å². The predicted octanol–water partition coefficient (Wildman–Crippen LogP) is 3.39. The summed E-state index contributed by atoms with van der Waals surface area (Å²) in [4.78, 5) is 31.8. The molecule has 1 atom stereocenters. The molecule has 1 aromatic heterocycles. The molecule has 36 heavy (non-hydrogen) atoms. The topological polar surface area (TPSA) is 140 Å². The second kappa shape index (κ2) is 9.92. The van der Waals surface area contributed by atoms with Gasteiger partial charge in [0.15, 0.2) is 0 Å². The van der Waals surface area contributed by atoms with E-state index in [0.717, 1.165) is 0 Å². The molecule has 186 valence electrons. The van der Waals surface area contributed by atoms with Crippen molar-refractivity contribution in [3.8, 4) is 5.75 Å². The van der Waals surface area contributed by atoms with Gasteiger partial charge in [-0.1, -0.05) is 32.0 Å². The number of amides is 1. The highest BCUT2D eigenvalue weighted by Crippen LogP contribution is 2.41. The van der Waals surface area contributed by atoms with E-state index in [1.54, 1.807) is 42.5 Å². The van der Waals surface area contributed by atoms with E-state index in [4.69, 9.17) is 9.88 Å². The molecular weight excluding hydrogens is 482 g/mol. The quantitative estimate of drug-likeness (QED) is 0.284. The molecule has 2 aromatic carbocycles. The summed E-state index contributed by atoms with van der Waals surface area (Å²) in [6.45, 7) is 4.48. The molecule has 4 rings (SSSR count). The number of ketones is 1. The number of primary sulfonamides is 1. The van der Waals surface area contributed by atoms with Gasteiger partial charge in [-0.25, -0.2) is 13.6 Å². The number of aliphatic hydroxyl groups excluding tert-OH is 1. The van der Waals surface area contributed by atoms with Gasteiger partial charge in [0, 0.05) is 17.4 Å². The van der Waals surface area contributed by atoms with Gasteiger partial charge in [-0.3, -0.25) is 19.5 Å². The highest BCUT2D eigenvalue weighted by atomic mass is 32.2. The Morgan fingerprint density at radius 1 is 1.08 bits per heavy atom. The SMILES string of the molecule is CC(C)COc1cccc(/C(O)=C2\C(=O)C(=O)N(c3ccc(S(N)(=O)=O)cc3)C2c2ccccn2)c1. The zero-order valence-electron chi connectivity index (χ0n) is 19.7. The number of anilines is 1. The van der Waals surface area contributed by atoms with Crippen molar-refractivity contribution in [2.75, 3.05) is 11.5 Å². The van der Waals surface area contributed by atoms with E-state index < -0.39 is 27.8 Å². The van der Waals surface area contributed by atoms with Crippen LogP contribution in [0.4, 0.5) is 5.69 Å². The molecule has 3 aromatic rings. The molecule has 1 aliphatic heterocycles. The van der Waals surface area contributed by atoms with Crippen molar-refractivity contribution in [2.45, 2.75) is 24.8 Å². The average molecular weight is 508 g/mol. The number of nitrogens with two attached hydrogens (primary N) is 1. The minimum absolute atomic E-state index is 0.143. The van der Waals surface area contributed by atoms with E-state index >= 15 is 0 Å². The number of Topliss-reactive ketones (excluding diaryl/α,β-unsaturated/α-hetero) is 1. The third-order valence-electron chi connectivity index (χ3n) is 5.55. The Hall–Kier alpha value is -4.02. The maximum Gasteiger partial charge on any atom is 0.300 e. The van der Waals surface area contributed by atoms with Gasteiger partial charge >= 0.3 is 0 Å². The van der Waals surface area contributed by atoms with Crippen molar-refractivity contribution in [1.29, 1.82) is 0 Å². The molecule has 2 heterocycles. The second-order valence-corrected chi connectivity index (χ2v) is 10.3. The van der Waals surface area contributed by atoms with Gasteiger partial charge in [-0.15, -0.1) is 0 Å². The van der Waals surface area contributed by atoms with Crippen LogP contribution in [0.15, 0.2) is 83.4 Å². The van der Waals surface area contributed by atoms with Gasteiger partial charge in [0.25, 0.3) is 11.7 Å². The summed E-state index contributed by atoms with van der Waals surface area (Å²) in [6, 6.07) is 15.8. The Balaban J connectivity index is 1.84. The molecule has 10 heteroatoms. The van der Waals surface area contributed by atoms with Crippen LogP contribution < -0.4 is 14.8 Å². The van der Waals surface area contributed by atoms with Crippen molar-refractivity contribution >= 4 is 33.2 Å². The number of aliphatic hydroxyl groups is 1. The summed E-state index contributed by atoms with van der Waals surface area (Å²) in [6.07, 6.45) is 1.51. The smallest absolute Gasteiger partial charge is 0.300 e. The van der Waals surface area contributed by atoms with E-state index in [9.17, 15) is 23.1 Å². The molecule has 1 aliphatic rings. The van der Waals surface area contributed by atoms with Crippen molar-refractivity contribution < 1.29 is 27.9 Å². The number of ether oxygens (including phenoxy) is 1. The number of benzene rings is 2. The van der Waals surface area contributed by atoms with E-state index in [0.29, 0.717) is 23.6 Å². The molecule has 1 fully saturated rings. The Morgan fingerprint density at radius 3 is 2.42 bits per heavy atom. The maximum atomic E-state index is 13.2. The zero-order chi connectivity index (χ0) is 26.0. The summed E-state index contributed by atoms with van der Waals surface area (Å²) in [5.74, 6) is -1.36. The lowest BCUT2D eigenvalue weighted by atomic mass is 9.98. The summed E-state index contributed by atoms with van der Waals surface area (Å²) in [5, 5.41) is 16.4. The summed E-state index contributed by atoms with van der Waals surface area (Å²) in [5.41, 5.74) is 0.754. The highest BCUT2D eigenvalue weighted by Gasteiger charge is 2.47. The Kier molecular flexibility index (Phi) is 6.91. The molecule has 1 amide bonds. The molecule has 0 radical (unpaired) electrons. The average Bonchev–Trinajstić information content (AvgIpc) is 3.13. The Labute approximate surface area is 208 Å². The number of nitrogens with zero attached hydrogens (tertiary/aromatic N) is 2. The van der Waals surface area contributed by atoms with E-state index in [2.05, 4.69) is 4.98 Å². The van der Waals surface area contributed by atoms with Crippen LogP contribution in [0.2, 0.25) is 0 Å². The zero-order valence-corrected chi connectivity index (χ0v) is 20.5. The largest absolute Gasteiger partial charge is 0.507 e. The van der Waals surface area contributed by atoms with Crippen LogP contribution in [0.5, 0.6) is 5.75 Å². The first-order chi connectivity index (χ1) is 17.1. The lowest BCUT2D eigenvalue weighted by Gasteiger charge is -2.24. The monoisotopic (exact) mass is 507 g/mol. The Bertz CT molecular complexity index is 1430. The molecular formula is C26H25N3O6S. The van der Waals surface area contributed by atoms with Crippen molar-refractivity contribution in [3.63, 3.8) is 0 Å². The molecule has 0 saturated carbocycles. The normalized spacial score (nSPS) is 17.6. The number of carbonyl (C=O) groups is 2. The molecule has 1 unspecified atom stereocenters. The van der Waals surface area contributed by atoms with Crippen molar-refractivity contribution in [3.05, 3.63) is 89.8 Å². The third kappa shape index (κ3) is 5.00. The van der Waals surface area contributed by atoms with Crippen LogP contribution in [0.3, 0.4) is 0 Å². The van der Waals surface area contributed by atoms with Crippen LogP contribution in [-0.2, 0) is 19.6 Å². The first-order valence-corrected chi connectivity index (χ1v) is 12.7. The Morgan fingerprint density at radius 2 is 1.81 bits per heavy atom. The van der Waals surface area contributed by atoms with E-state index in [-0.39, 0.29) is 27.8 Å². The van der Waals surface area contributed by atoms with Gasteiger partial charge in [0.05, 0.1) is 22.8 Å². The second-order valence-electron chi connectivity index (χ2n) is 8.70. The number of sulfonamides is 1. The summed E-state index contributed by atoms with van der Waals surface area (Å²) >= 11 is 0. The lowest BCUT2D eigenvalue weighted by Crippen LogP contribution is -2.29. The lowest BCUT2D eigenvalue weighted by molar-refractivity contribution is -0.132. The maximum absolute atomic E-state index is 13.2. The number of pyridine rings is 1. The summed E-state index contributed by atoms with van der Waals surface area (Å²) < 4.78 is 29.1. The molecule has 3 N–H and O–H groups in total. The molecule has 0 spiro atoms. The number of rotatable bonds is 7. The number of aromatic nitrogens is 1. The van der Waals surface area contributed by atoms with Gasteiger partial charge in [-0.05, 0) is 54.4 Å². The third-order valence-corrected chi connectivity index (χ3v) is 6.48. The van der Waals surface area contributed by atoms with E-state index in [1.165, 1.54) is 35.4 Å². The number of carbonyl (C=O) groups excluding carboxylic acids is 2. The molecule has 0 bridgehead atoms. The fourth-order valence-corrected chi connectivity index (χ4v) is 4.38. The van der Waals surface area contributed by atoms with Crippen LogP contribution in [0, 0.1) is 5.92 Å². The van der Waals surface area contributed by atoms with Gasteiger partial charge in [0.1, 0.15) is 17.6 Å². The predicted molar refractivity (Wildman–Crippen MR) is 134 cm³/mol. The van der Waals surface area contributed by atoms with Gasteiger partial charge < -0.3 is 9.84 Å². The van der Waals surface area contributed by atoms with Crippen LogP contribution >= 0.6 is 0 Å². The van der Waals surface area contributed by atoms with E-state index in [1.807, 2.05) is 13.8 Å². The minimum atomic E-state index is -3.95. The van der Waals surface area contributed by atoms with Crippen LogP contribution in [-0.4, -0.2) is 36.8 Å². The number of hydrogen-bond donors (Lipinski definition) is 2. The van der Waals surface area contributed by atoms with Gasteiger partial charge in [-0.2, -0.15) is 0 Å². The minimum Gasteiger partial charge on any atom is -0.507 e. The van der Waals surface area contributed by atoms with Crippen LogP contribution in [0.25, 0.3) is 5.76 Å². The van der Waals surface area contributed by atoms with Crippen molar-refractivity contribution in [2.24, 2.45) is 11.1 Å². The standard InChI is InChI=1S/C26H25N3O6S/c1-16(2)15-35-19-7-5-6-17(14-19)24(30)22-23(21-8-3-4-13-28-21)29(26(32)25(22)31)18-9-11-20(12-10-18)36(27,33)34/h3-14,16,23,30H,15H2,1-2H3,(H2,27,33,34)/b24-22+. The van der Waals surface area contributed by atoms with Crippen molar-refractivity contribution in [1.82, 2.24) is 4.98 Å². The first kappa shape index (κ1) is 25.1. The molecule has 0 aliphatic carbocycles. The van der Waals surface area contributed by atoms with Gasteiger partial charge in [0.2, 0.25) is 10.0 Å². The summed E-state index contributed by atoms with van der Waals surface area (Å²) in [7, 11) is -3.95. The molecule has 9 nitrogen and oxygen atoms in total. The highest BCUT2D eigenvalue weighted by molar-refractivity contribution is 7.89. The fourth-order valence-electron chi connectivity index (χ4n) is 3.86. The molecule has 1 saturated heterocycles. The first-order valence-electron chi connectivity index (χ1n) is 11.2. The number of hydrogen-bond acceptors (Lipinski definition) is 7. The fraction of sp³-hybridized carbons (Fsp3) is 0.192.